The van der Waals surface area contributed by atoms with E-state index in [1.165, 1.54) is 5.56 Å². The van der Waals surface area contributed by atoms with Crippen LogP contribution in [0.2, 0.25) is 0 Å². The number of morpholine rings is 1. The van der Waals surface area contributed by atoms with E-state index in [0.717, 1.165) is 53.9 Å². The number of aryl methyl sites for hydroxylation is 1. The van der Waals surface area contributed by atoms with Gasteiger partial charge >= 0.3 is 0 Å². The van der Waals surface area contributed by atoms with Gasteiger partial charge in [-0.3, -0.25) is 4.79 Å². The summed E-state index contributed by atoms with van der Waals surface area (Å²) >= 11 is 1.57. The first-order chi connectivity index (χ1) is 13.7. The topological polar surface area (TPSA) is 54.5 Å². The molecule has 5 nitrogen and oxygen atoms in total. The fraction of sp³-hybridized carbons (Fsp3) is 0.273. The fourth-order valence-electron chi connectivity index (χ4n) is 3.25. The molecule has 144 valence electrons. The van der Waals surface area contributed by atoms with E-state index in [1.807, 2.05) is 41.8 Å². The average Bonchev–Trinajstić information content (AvgIpc) is 3.17. The minimum atomic E-state index is -0.0554. The molecule has 2 heterocycles. The molecule has 1 fully saturated rings. The number of carbonyl (C=O) groups excluding carboxylic acids is 1. The quantitative estimate of drug-likeness (QED) is 0.708. The lowest BCUT2D eigenvalue weighted by Crippen LogP contribution is -2.36. The van der Waals surface area contributed by atoms with Crippen LogP contribution >= 0.6 is 11.3 Å². The molecule has 1 aliphatic heterocycles. The lowest BCUT2D eigenvalue weighted by Gasteiger charge is -2.28. The molecule has 0 atom stereocenters. The zero-order chi connectivity index (χ0) is 19.3. The van der Waals surface area contributed by atoms with Crippen molar-refractivity contribution >= 4 is 28.6 Å². The number of benzene rings is 2. The molecule has 4 rings (SSSR count). The predicted molar refractivity (Wildman–Crippen MR) is 114 cm³/mol. The van der Waals surface area contributed by atoms with Crippen molar-refractivity contribution in [1.29, 1.82) is 0 Å². The first-order valence-electron chi connectivity index (χ1n) is 9.41. The third kappa shape index (κ3) is 4.58. The summed E-state index contributed by atoms with van der Waals surface area (Å²) in [5, 5.41) is 5.86. The summed E-state index contributed by atoms with van der Waals surface area (Å²) in [5.74, 6) is -0.0554. The summed E-state index contributed by atoms with van der Waals surface area (Å²) < 4.78 is 5.39. The van der Waals surface area contributed by atoms with Gasteiger partial charge in [0.25, 0.3) is 0 Å². The van der Waals surface area contributed by atoms with Crippen LogP contribution < -0.4 is 10.2 Å². The van der Waals surface area contributed by atoms with Crippen LogP contribution in [-0.2, 0) is 16.0 Å². The smallest absolute Gasteiger partial charge is 0.230 e. The number of nitrogens with one attached hydrogen (secondary N) is 1. The van der Waals surface area contributed by atoms with Crippen molar-refractivity contribution in [2.24, 2.45) is 0 Å². The highest BCUT2D eigenvalue weighted by atomic mass is 32.1. The van der Waals surface area contributed by atoms with Gasteiger partial charge < -0.3 is 15.0 Å². The first kappa shape index (κ1) is 18.7. The number of rotatable bonds is 5. The molecule has 6 heteroatoms. The molecule has 0 spiro atoms. The van der Waals surface area contributed by atoms with E-state index >= 15 is 0 Å². The number of anilines is 2. The van der Waals surface area contributed by atoms with Crippen LogP contribution in [0.15, 0.2) is 53.9 Å². The van der Waals surface area contributed by atoms with Gasteiger partial charge in [0, 0.05) is 35.4 Å². The molecule has 2 aromatic carbocycles. The van der Waals surface area contributed by atoms with E-state index in [9.17, 15) is 4.79 Å². The molecular formula is C22H23N3O2S. The number of aromatic nitrogens is 1. The summed E-state index contributed by atoms with van der Waals surface area (Å²) in [7, 11) is 0. The number of ether oxygens (including phenoxy) is 1. The molecule has 0 radical (unpaired) electrons. The molecule has 1 aliphatic rings. The van der Waals surface area contributed by atoms with E-state index in [2.05, 4.69) is 34.3 Å². The summed E-state index contributed by atoms with van der Waals surface area (Å²) in [6.07, 6.45) is 0.271. The van der Waals surface area contributed by atoms with Crippen LogP contribution in [0.4, 0.5) is 11.4 Å². The van der Waals surface area contributed by atoms with Gasteiger partial charge in [-0.05, 0) is 37.3 Å². The third-order valence-electron chi connectivity index (χ3n) is 4.69. The Morgan fingerprint density at radius 3 is 2.71 bits per heavy atom. The standard InChI is InChI=1S/C22H23N3O2S/c1-16-3-2-4-17(13-16)22-24-19(15-28-22)14-21(26)23-18-5-7-20(8-6-18)25-9-11-27-12-10-25/h2-8,13,15H,9-12,14H2,1H3,(H,23,26). The summed E-state index contributed by atoms with van der Waals surface area (Å²) in [6.45, 7) is 5.39. The largest absolute Gasteiger partial charge is 0.378 e. The van der Waals surface area contributed by atoms with E-state index in [1.54, 1.807) is 11.3 Å². The monoisotopic (exact) mass is 393 g/mol. The lowest BCUT2D eigenvalue weighted by atomic mass is 10.1. The Labute approximate surface area is 169 Å². The Balaban J connectivity index is 1.35. The van der Waals surface area contributed by atoms with Crippen molar-refractivity contribution in [3.63, 3.8) is 0 Å². The first-order valence-corrected chi connectivity index (χ1v) is 10.3. The van der Waals surface area contributed by atoms with Crippen LogP contribution in [-0.4, -0.2) is 37.2 Å². The normalized spacial score (nSPS) is 14.1. The van der Waals surface area contributed by atoms with Crippen molar-refractivity contribution in [1.82, 2.24) is 4.98 Å². The van der Waals surface area contributed by atoms with Crippen molar-refractivity contribution in [2.45, 2.75) is 13.3 Å². The number of amides is 1. The van der Waals surface area contributed by atoms with E-state index in [-0.39, 0.29) is 12.3 Å². The number of carbonyl (C=O) groups is 1. The Kier molecular flexibility index (Phi) is 5.69. The molecular weight excluding hydrogens is 370 g/mol. The second kappa shape index (κ2) is 8.54. The van der Waals surface area contributed by atoms with Crippen LogP contribution in [0.5, 0.6) is 0 Å². The maximum absolute atomic E-state index is 12.4. The van der Waals surface area contributed by atoms with Crippen molar-refractivity contribution in [3.8, 4) is 10.6 Å². The molecule has 1 N–H and O–H groups in total. The van der Waals surface area contributed by atoms with E-state index < -0.39 is 0 Å². The minimum absolute atomic E-state index is 0.0554. The fourth-order valence-corrected chi connectivity index (χ4v) is 4.06. The van der Waals surface area contributed by atoms with Crippen molar-refractivity contribution in [2.75, 3.05) is 36.5 Å². The van der Waals surface area contributed by atoms with Crippen LogP contribution in [0.25, 0.3) is 10.6 Å². The number of hydrogen-bond donors (Lipinski definition) is 1. The van der Waals surface area contributed by atoms with Gasteiger partial charge in [-0.2, -0.15) is 0 Å². The van der Waals surface area contributed by atoms with E-state index in [4.69, 9.17) is 4.74 Å². The zero-order valence-corrected chi connectivity index (χ0v) is 16.7. The van der Waals surface area contributed by atoms with Gasteiger partial charge in [0.05, 0.1) is 25.3 Å². The predicted octanol–water partition coefficient (Wildman–Crippen LogP) is 4.14. The average molecular weight is 394 g/mol. The Bertz CT molecular complexity index is 946. The van der Waals surface area contributed by atoms with Gasteiger partial charge in [0.15, 0.2) is 0 Å². The van der Waals surface area contributed by atoms with Crippen LogP contribution in [0, 0.1) is 6.92 Å². The second-order valence-electron chi connectivity index (χ2n) is 6.88. The molecule has 0 bridgehead atoms. The summed E-state index contributed by atoms with van der Waals surface area (Å²) in [6, 6.07) is 16.2. The van der Waals surface area contributed by atoms with Gasteiger partial charge in [0.2, 0.25) is 5.91 Å². The van der Waals surface area contributed by atoms with Gasteiger partial charge in [-0.15, -0.1) is 11.3 Å². The molecule has 0 aliphatic carbocycles. The van der Waals surface area contributed by atoms with Crippen LogP contribution in [0.1, 0.15) is 11.3 Å². The number of thiazole rings is 1. The zero-order valence-electron chi connectivity index (χ0n) is 15.9. The Hall–Kier alpha value is -2.70. The Morgan fingerprint density at radius 2 is 1.96 bits per heavy atom. The SMILES string of the molecule is Cc1cccc(-c2nc(CC(=O)Nc3ccc(N4CCOCC4)cc3)cs2)c1. The van der Waals surface area contributed by atoms with Crippen LogP contribution in [0.3, 0.4) is 0 Å². The molecule has 0 saturated carbocycles. The Morgan fingerprint density at radius 1 is 1.18 bits per heavy atom. The van der Waals surface area contributed by atoms with Gasteiger partial charge in [0.1, 0.15) is 5.01 Å². The molecule has 28 heavy (non-hydrogen) atoms. The number of hydrogen-bond acceptors (Lipinski definition) is 5. The molecule has 1 amide bonds. The molecule has 1 aromatic heterocycles. The van der Waals surface area contributed by atoms with Crippen molar-refractivity contribution in [3.05, 3.63) is 65.2 Å². The highest BCUT2D eigenvalue weighted by molar-refractivity contribution is 7.13. The maximum Gasteiger partial charge on any atom is 0.230 e. The second-order valence-corrected chi connectivity index (χ2v) is 7.74. The molecule has 1 saturated heterocycles. The molecule has 3 aromatic rings. The molecule has 0 unspecified atom stereocenters. The number of nitrogens with zero attached hydrogens (tertiary/aromatic N) is 2. The third-order valence-corrected chi connectivity index (χ3v) is 5.63. The highest BCUT2D eigenvalue weighted by Crippen LogP contribution is 2.25. The minimum Gasteiger partial charge on any atom is -0.378 e. The summed E-state index contributed by atoms with van der Waals surface area (Å²) in [5.41, 5.74) is 5.05. The lowest BCUT2D eigenvalue weighted by molar-refractivity contribution is -0.115. The maximum atomic E-state index is 12.4. The van der Waals surface area contributed by atoms with Crippen molar-refractivity contribution < 1.29 is 9.53 Å². The summed E-state index contributed by atoms with van der Waals surface area (Å²) in [4.78, 5) is 19.3. The van der Waals surface area contributed by atoms with E-state index in [0.29, 0.717) is 0 Å². The van der Waals surface area contributed by atoms with Gasteiger partial charge in [-0.25, -0.2) is 4.98 Å². The highest BCUT2D eigenvalue weighted by Gasteiger charge is 2.12. The van der Waals surface area contributed by atoms with Gasteiger partial charge in [-0.1, -0.05) is 23.8 Å².